The molecule has 0 aromatic carbocycles. The molecule has 15 nitrogen and oxygen atoms in total. The number of halogens is 3. The minimum absolute atomic E-state index is 0. The Morgan fingerprint density at radius 2 is 1.03 bits per heavy atom. The van der Waals surface area contributed by atoms with Crippen LogP contribution in [0.25, 0.3) is 37.0 Å². The number of imide groups is 2. The number of hydrogen-bond acceptors (Lipinski definition) is 16. The van der Waals surface area contributed by atoms with E-state index in [4.69, 9.17) is 25.7 Å². The predicted molar refractivity (Wildman–Crippen MR) is 251 cm³/mol. The Labute approximate surface area is 419 Å². The van der Waals surface area contributed by atoms with Crippen molar-refractivity contribution in [3.05, 3.63) is 130 Å². The van der Waals surface area contributed by atoms with Crippen LogP contribution in [0.5, 0.6) is 0 Å². The van der Waals surface area contributed by atoms with Crippen LogP contribution in [0.1, 0.15) is 42.9 Å². The number of nitrogens with two attached hydrogens (primary N) is 1. The number of rotatable bonds is 14. The summed E-state index contributed by atoms with van der Waals surface area (Å²) in [5.74, 6) is -0.184. The summed E-state index contributed by atoms with van der Waals surface area (Å²) in [5, 5.41) is 17.9. The van der Waals surface area contributed by atoms with E-state index < -0.39 is 0 Å². The molecule has 3 N–H and O–H groups in total. The molecule has 6 aromatic rings. The Kier molecular flexibility index (Phi) is 38.7. The van der Waals surface area contributed by atoms with E-state index in [9.17, 15) is 24.0 Å². The number of thiophene rings is 3. The van der Waals surface area contributed by atoms with Gasteiger partial charge in [-0.2, -0.15) is 5.26 Å². The largest absolute Gasteiger partial charge is 1.00 e. The van der Waals surface area contributed by atoms with Crippen LogP contribution < -0.4 is 35.3 Å². The van der Waals surface area contributed by atoms with E-state index in [1.807, 2.05) is 72.8 Å². The molecule has 0 saturated carbocycles. The van der Waals surface area contributed by atoms with Gasteiger partial charge in [-0.3, -0.25) is 43.8 Å². The Bertz CT molecular complexity index is 2150. The topological polar surface area (TPSA) is 246 Å². The van der Waals surface area contributed by atoms with Gasteiger partial charge in [0.2, 0.25) is 12.8 Å². The average molecular weight is 1030 g/mol. The van der Waals surface area contributed by atoms with Gasteiger partial charge in [-0.25, -0.2) is 0 Å². The van der Waals surface area contributed by atoms with Crippen LogP contribution in [-0.4, -0.2) is 93.0 Å². The van der Waals surface area contributed by atoms with Gasteiger partial charge in [0, 0.05) is 44.9 Å². The van der Waals surface area contributed by atoms with Crippen molar-refractivity contribution in [2.45, 2.75) is 13.8 Å². The first kappa shape index (κ1) is 62.6. The third-order valence-corrected chi connectivity index (χ3v) is 10.4. The zero-order valence-corrected chi connectivity index (χ0v) is 41.7. The van der Waals surface area contributed by atoms with Crippen LogP contribution in [0.3, 0.4) is 0 Å². The van der Waals surface area contributed by atoms with Crippen molar-refractivity contribution in [1.29, 1.82) is 5.26 Å². The van der Waals surface area contributed by atoms with Gasteiger partial charge in [-0.05, 0) is 79.7 Å². The van der Waals surface area contributed by atoms with E-state index in [0.29, 0.717) is 27.9 Å². The first-order valence-corrected chi connectivity index (χ1v) is 20.7. The van der Waals surface area contributed by atoms with Crippen LogP contribution in [0.2, 0.25) is 0 Å². The number of nitrogens with zero attached hydrogens (tertiary/aromatic N) is 6. The Morgan fingerprint density at radius 3 is 1.29 bits per heavy atom. The number of amides is 4. The van der Waals surface area contributed by atoms with E-state index in [-0.39, 0.29) is 104 Å². The molecule has 6 heterocycles. The summed E-state index contributed by atoms with van der Waals surface area (Å²) in [4.78, 5) is 91.8. The van der Waals surface area contributed by atoms with Crippen LogP contribution >= 0.6 is 74.8 Å². The van der Waals surface area contributed by atoms with Crippen LogP contribution in [0.4, 0.5) is 0 Å². The second kappa shape index (κ2) is 38.9. The molecule has 63 heavy (non-hydrogen) atoms. The number of carbonyl (C=O) groups excluding carboxylic acids is 7. The van der Waals surface area contributed by atoms with Crippen molar-refractivity contribution in [3.8, 4) is 37.8 Å². The summed E-state index contributed by atoms with van der Waals surface area (Å²) in [6.45, 7) is 3.18. The molecule has 0 bridgehead atoms. The maximum Gasteiger partial charge on any atom is 1.00 e. The fraction of sp³-hybridized carbons (Fsp3) is 0.146. The third-order valence-electron chi connectivity index (χ3n) is 6.42. The van der Waals surface area contributed by atoms with Crippen molar-refractivity contribution in [2.75, 3.05) is 25.0 Å². The van der Waals surface area contributed by atoms with Crippen LogP contribution in [-0.2, 0) is 19.2 Å². The molecule has 0 aliphatic rings. The molecule has 4 amide bonds. The molecule has 22 heteroatoms. The average Bonchev–Trinajstić information content (AvgIpc) is 4.10. The SMILES string of the molecule is CC#N.CCO.Cl.Cl.NCC(=O)c1ccc(-c2ccccn2)s1.O=C(CBr)c1ccc(-c2ccccn2)s1.O=CN(C=O)CC(=O)c1ccc(-c2ccccn2)s1.O=C[N-]C=O.[Na+]. The molecule has 328 valence electrons. The van der Waals surface area contributed by atoms with Crippen LogP contribution in [0.15, 0.2) is 110 Å². The zero-order valence-electron chi connectivity index (χ0n) is 34.0. The molecule has 0 radical (unpaired) electrons. The molecular weight excluding hydrogens is 988 g/mol. The molecule has 0 fully saturated rings. The standard InChI is InChI=1S/C13H10N2O3S.C11H8BrNOS.C11H10N2OS.C2H3NO2.C2H3N.C2H6O.2ClH.Na/c16-8-15(9-17)7-11(18)13-5-4-12(19-13)10-3-1-2-6-14-10;2*12-7-9(14)11-5-4-10(15-11)8-3-1-2-6-13-8;4-1-3-2-5;2*1-2-3;;;/h1-6,8-9H,7H2;1-6H,7H2;1-6H,7,12H2;1-2H,(H,3,4,5);1H3;3H,2H2,1H3;2*1H;/q;;;;;;;;+1/p-1. The monoisotopic (exact) mass is 1030 g/mol. The molecule has 0 saturated heterocycles. The third kappa shape index (κ3) is 24.7. The molecule has 6 aromatic heterocycles. The molecule has 0 spiro atoms. The van der Waals surface area contributed by atoms with Crippen molar-refractivity contribution >= 4 is 118 Å². The molecule has 0 aliphatic heterocycles. The summed E-state index contributed by atoms with van der Waals surface area (Å²) in [5.41, 5.74) is 7.88. The number of Topliss-reactive ketones (excluding diaryl/α,β-unsaturated/α-hetero) is 3. The number of aromatic nitrogens is 3. The summed E-state index contributed by atoms with van der Waals surface area (Å²) in [6, 6.07) is 29.7. The summed E-state index contributed by atoms with van der Waals surface area (Å²) >= 11 is 7.35. The molecule has 0 atom stereocenters. The Balaban J connectivity index is -0.000000754. The second-order valence-corrected chi connectivity index (χ2v) is 14.3. The van der Waals surface area contributed by atoms with Crippen molar-refractivity contribution in [3.63, 3.8) is 0 Å². The first-order valence-electron chi connectivity index (χ1n) is 17.2. The van der Waals surface area contributed by atoms with Gasteiger partial charge in [0.05, 0.1) is 70.8 Å². The molecule has 0 unspecified atom stereocenters. The fourth-order valence-corrected chi connectivity index (χ4v) is 7.19. The maximum absolute atomic E-state index is 11.8. The smallest absolute Gasteiger partial charge is 0.602 e. The summed E-state index contributed by atoms with van der Waals surface area (Å²) in [6.07, 6.45) is 6.20. The zero-order chi connectivity index (χ0) is 44.5. The Hall–Kier alpha value is -4.69. The van der Waals surface area contributed by atoms with E-state index in [0.717, 1.165) is 41.5 Å². The maximum atomic E-state index is 11.8. The van der Waals surface area contributed by atoms with Gasteiger partial charge in [-0.1, -0.05) is 34.1 Å². The van der Waals surface area contributed by atoms with Gasteiger partial charge in [0.1, 0.15) is 0 Å². The normalized spacial score (nSPS) is 8.70. The van der Waals surface area contributed by atoms with Crippen molar-refractivity contribution in [2.24, 2.45) is 5.73 Å². The molecular formula is C41H41BrCl2N7NaO8S3. The first-order chi connectivity index (χ1) is 29.1. The van der Waals surface area contributed by atoms with Gasteiger partial charge in [0.25, 0.3) is 0 Å². The van der Waals surface area contributed by atoms with Gasteiger partial charge >= 0.3 is 29.6 Å². The number of carbonyl (C=O) groups is 7. The minimum Gasteiger partial charge on any atom is -0.602 e. The molecule has 6 rings (SSSR count). The number of ketones is 3. The van der Waals surface area contributed by atoms with Crippen LogP contribution in [0, 0.1) is 11.3 Å². The number of pyridine rings is 3. The van der Waals surface area contributed by atoms with Gasteiger partial charge in [-0.15, -0.1) is 58.8 Å². The minimum atomic E-state index is -0.272. The van der Waals surface area contributed by atoms with Crippen molar-refractivity contribution in [1.82, 2.24) is 19.9 Å². The van der Waals surface area contributed by atoms with E-state index in [1.165, 1.54) is 40.9 Å². The number of nitriles is 1. The summed E-state index contributed by atoms with van der Waals surface area (Å²) in [7, 11) is 0. The number of aliphatic hydroxyl groups is 1. The fourth-order valence-electron chi connectivity index (χ4n) is 3.94. The van der Waals surface area contributed by atoms with Gasteiger partial charge in [0.15, 0.2) is 17.3 Å². The number of hydrogen-bond donors (Lipinski definition) is 2. The predicted octanol–water partition coefficient (Wildman–Crippen LogP) is 5.00. The Morgan fingerprint density at radius 1 is 0.698 bits per heavy atom. The van der Waals surface area contributed by atoms with Gasteiger partial charge < -0.3 is 25.7 Å². The molecule has 0 aliphatic carbocycles. The quantitative estimate of drug-likeness (QED) is 0.0633. The van der Waals surface area contributed by atoms with E-state index >= 15 is 0 Å². The van der Waals surface area contributed by atoms with Crippen molar-refractivity contribution < 1.29 is 68.2 Å². The number of alkyl halides is 1. The second-order valence-electron chi connectivity index (χ2n) is 10.5. The number of aliphatic hydroxyl groups excluding tert-OH is 1. The summed E-state index contributed by atoms with van der Waals surface area (Å²) < 4.78 is 0. The van der Waals surface area contributed by atoms with E-state index in [2.05, 4.69) is 36.2 Å². The van der Waals surface area contributed by atoms with E-state index in [1.54, 1.807) is 49.8 Å².